The van der Waals surface area contributed by atoms with Gasteiger partial charge in [-0.15, -0.1) is 0 Å². The van der Waals surface area contributed by atoms with E-state index in [2.05, 4.69) is 22.2 Å². The molecular weight excluding hydrogens is 216 g/mol. The number of amides is 1. The van der Waals surface area contributed by atoms with E-state index >= 15 is 0 Å². The predicted molar refractivity (Wildman–Crippen MR) is 68.1 cm³/mol. The van der Waals surface area contributed by atoms with Crippen LogP contribution in [0, 0.1) is 0 Å². The number of carbonyl (C=O) groups excluding carboxylic acids is 1. The highest BCUT2D eigenvalue weighted by atomic mass is 16.2. The van der Waals surface area contributed by atoms with Crippen LogP contribution in [0.25, 0.3) is 0 Å². The number of hydrogen-bond acceptors (Lipinski definition) is 4. The van der Waals surface area contributed by atoms with E-state index in [1.807, 2.05) is 0 Å². The quantitative estimate of drug-likeness (QED) is 0.765. The van der Waals surface area contributed by atoms with Crippen molar-refractivity contribution in [3.8, 4) is 0 Å². The fourth-order valence-corrected chi connectivity index (χ4v) is 1.49. The molecule has 0 aliphatic rings. The Labute approximate surface area is 102 Å². The van der Waals surface area contributed by atoms with Crippen molar-refractivity contribution in [3.05, 3.63) is 18.1 Å². The molecule has 17 heavy (non-hydrogen) atoms. The van der Waals surface area contributed by atoms with E-state index < -0.39 is 0 Å². The van der Waals surface area contributed by atoms with Crippen LogP contribution >= 0.6 is 0 Å². The summed E-state index contributed by atoms with van der Waals surface area (Å²) in [6, 6.07) is 0. The van der Waals surface area contributed by atoms with Gasteiger partial charge in [0.1, 0.15) is 11.5 Å². The first kappa shape index (κ1) is 13.4. The first-order valence-corrected chi connectivity index (χ1v) is 5.94. The van der Waals surface area contributed by atoms with Gasteiger partial charge in [-0.3, -0.25) is 9.78 Å². The van der Waals surface area contributed by atoms with Crippen molar-refractivity contribution in [3.63, 3.8) is 0 Å². The van der Waals surface area contributed by atoms with Crippen molar-refractivity contribution >= 4 is 11.7 Å². The summed E-state index contributed by atoms with van der Waals surface area (Å²) in [6.45, 7) is 2.90. The molecule has 0 saturated heterocycles. The van der Waals surface area contributed by atoms with Crippen LogP contribution in [0.2, 0.25) is 0 Å². The zero-order valence-electron chi connectivity index (χ0n) is 10.7. The van der Waals surface area contributed by atoms with Gasteiger partial charge in [-0.25, -0.2) is 4.98 Å². The lowest BCUT2D eigenvalue weighted by molar-refractivity contribution is 0.0786. The van der Waals surface area contributed by atoms with Gasteiger partial charge in [0.05, 0.1) is 12.4 Å². The molecule has 0 atom stereocenters. The zero-order valence-corrected chi connectivity index (χ0v) is 10.7. The number of unbranched alkanes of at least 4 members (excludes halogenated alkanes) is 2. The average Bonchev–Trinajstić information content (AvgIpc) is 2.38. The molecule has 1 N–H and O–H groups in total. The summed E-state index contributed by atoms with van der Waals surface area (Å²) in [5.74, 6) is 0.531. The van der Waals surface area contributed by atoms with Gasteiger partial charge in [0.2, 0.25) is 0 Å². The van der Waals surface area contributed by atoms with Gasteiger partial charge in [-0.1, -0.05) is 19.8 Å². The highest BCUT2D eigenvalue weighted by Gasteiger charge is 2.13. The summed E-state index contributed by atoms with van der Waals surface area (Å²) < 4.78 is 0. The Morgan fingerprint density at radius 1 is 1.41 bits per heavy atom. The zero-order chi connectivity index (χ0) is 12.7. The fraction of sp³-hybridized carbons (Fsp3) is 0.583. The molecule has 0 saturated carbocycles. The number of aromatic nitrogens is 2. The van der Waals surface area contributed by atoms with Crippen LogP contribution in [0.1, 0.15) is 36.7 Å². The van der Waals surface area contributed by atoms with E-state index in [0.29, 0.717) is 11.5 Å². The molecule has 0 aromatic carbocycles. The Morgan fingerprint density at radius 2 is 2.18 bits per heavy atom. The van der Waals surface area contributed by atoms with E-state index in [1.54, 1.807) is 25.2 Å². The topological polar surface area (TPSA) is 58.1 Å². The first-order chi connectivity index (χ1) is 8.19. The molecule has 0 spiro atoms. The van der Waals surface area contributed by atoms with Crippen molar-refractivity contribution in [1.82, 2.24) is 14.9 Å². The normalized spacial score (nSPS) is 10.1. The second-order valence-electron chi connectivity index (χ2n) is 3.97. The summed E-state index contributed by atoms with van der Waals surface area (Å²) in [5.41, 5.74) is 0.385. The molecular formula is C12H20N4O. The number of anilines is 1. The second kappa shape index (κ2) is 6.83. The maximum Gasteiger partial charge on any atom is 0.273 e. The molecule has 1 aromatic heterocycles. The highest BCUT2D eigenvalue weighted by Crippen LogP contribution is 2.05. The predicted octanol–water partition coefficient (Wildman–Crippen LogP) is 1.78. The van der Waals surface area contributed by atoms with Gasteiger partial charge < -0.3 is 10.2 Å². The van der Waals surface area contributed by atoms with Gasteiger partial charge in [0.15, 0.2) is 0 Å². The van der Waals surface area contributed by atoms with Gasteiger partial charge in [-0.05, 0) is 6.42 Å². The van der Waals surface area contributed by atoms with Crippen LogP contribution in [-0.2, 0) is 0 Å². The Bertz CT molecular complexity index is 367. The molecule has 1 rings (SSSR count). The molecule has 94 valence electrons. The molecule has 0 bridgehead atoms. The fourth-order valence-electron chi connectivity index (χ4n) is 1.49. The number of carbonyl (C=O) groups is 1. The van der Waals surface area contributed by atoms with Gasteiger partial charge in [0.25, 0.3) is 5.91 Å². The smallest absolute Gasteiger partial charge is 0.273 e. The average molecular weight is 236 g/mol. The van der Waals surface area contributed by atoms with Gasteiger partial charge in [0, 0.05) is 20.6 Å². The monoisotopic (exact) mass is 236 g/mol. The SMILES string of the molecule is CCCCCN(C)C(=O)c1cncc(NC)n1. The van der Waals surface area contributed by atoms with Crippen LogP contribution in [0.5, 0.6) is 0 Å². The Hall–Kier alpha value is -1.65. The number of hydrogen-bond donors (Lipinski definition) is 1. The van der Waals surface area contributed by atoms with Gasteiger partial charge >= 0.3 is 0 Å². The molecule has 1 heterocycles. The highest BCUT2D eigenvalue weighted by molar-refractivity contribution is 5.92. The number of nitrogens with zero attached hydrogens (tertiary/aromatic N) is 3. The third-order valence-corrected chi connectivity index (χ3v) is 2.55. The van der Waals surface area contributed by atoms with E-state index in [1.165, 1.54) is 6.20 Å². The third-order valence-electron chi connectivity index (χ3n) is 2.55. The van der Waals surface area contributed by atoms with Crippen LogP contribution in [0.3, 0.4) is 0 Å². The molecule has 5 nitrogen and oxygen atoms in total. The standard InChI is InChI=1S/C12H20N4O/c1-4-5-6-7-16(3)12(17)10-8-14-9-11(13-2)15-10/h8-9H,4-7H2,1-3H3,(H,13,15). The lowest BCUT2D eigenvalue weighted by Crippen LogP contribution is -2.28. The lowest BCUT2D eigenvalue weighted by atomic mass is 10.2. The second-order valence-corrected chi connectivity index (χ2v) is 3.97. The van der Waals surface area contributed by atoms with Crippen molar-refractivity contribution in [2.75, 3.05) is 26.0 Å². The van der Waals surface area contributed by atoms with E-state index in [0.717, 1.165) is 25.8 Å². The van der Waals surface area contributed by atoms with Crippen LogP contribution in [0.4, 0.5) is 5.82 Å². The Balaban J connectivity index is 2.61. The van der Waals surface area contributed by atoms with Crippen molar-refractivity contribution < 1.29 is 4.79 Å². The Kier molecular flexibility index (Phi) is 5.39. The summed E-state index contributed by atoms with van der Waals surface area (Å²) in [7, 11) is 3.55. The molecule has 0 radical (unpaired) electrons. The molecule has 0 fully saturated rings. The van der Waals surface area contributed by atoms with Crippen LogP contribution in [0.15, 0.2) is 12.4 Å². The minimum Gasteiger partial charge on any atom is -0.372 e. The summed E-state index contributed by atoms with van der Waals surface area (Å²) in [6.07, 6.45) is 6.40. The van der Waals surface area contributed by atoms with Crippen molar-refractivity contribution in [1.29, 1.82) is 0 Å². The minimum atomic E-state index is -0.0781. The third kappa shape index (κ3) is 4.01. The summed E-state index contributed by atoms with van der Waals surface area (Å²) in [5, 5.41) is 2.87. The van der Waals surface area contributed by atoms with Crippen molar-refractivity contribution in [2.24, 2.45) is 0 Å². The van der Waals surface area contributed by atoms with Gasteiger partial charge in [-0.2, -0.15) is 0 Å². The van der Waals surface area contributed by atoms with Crippen molar-refractivity contribution in [2.45, 2.75) is 26.2 Å². The van der Waals surface area contributed by atoms with E-state index in [-0.39, 0.29) is 5.91 Å². The maximum atomic E-state index is 12.0. The summed E-state index contributed by atoms with van der Waals surface area (Å²) >= 11 is 0. The Morgan fingerprint density at radius 3 is 2.82 bits per heavy atom. The van der Waals surface area contributed by atoms with E-state index in [4.69, 9.17) is 0 Å². The molecule has 0 aliphatic heterocycles. The molecule has 0 aliphatic carbocycles. The minimum absolute atomic E-state index is 0.0781. The molecule has 1 amide bonds. The largest absolute Gasteiger partial charge is 0.372 e. The maximum absolute atomic E-state index is 12.0. The van der Waals surface area contributed by atoms with E-state index in [9.17, 15) is 4.79 Å². The molecule has 1 aromatic rings. The summed E-state index contributed by atoms with van der Waals surface area (Å²) in [4.78, 5) is 21.9. The first-order valence-electron chi connectivity index (χ1n) is 5.94. The molecule has 5 heteroatoms. The number of nitrogens with one attached hydrogen (secondary N) is 1. The van der Waals surface area contributed by atoms with Crippen LogP contribution < -0.4 is 5.32 Å². The lowest BCUT2D eigenvalue weighted by Gasteiger charge is -2.16. The van der Waals surface area contributed by atoms with Crippen LogP contribution in [-0.4, -0.2) is 41.4 Å². The molecule has 0 unspecified atom stereocenters. The number of rotatable bonds is 6.